The monoisotopic (exact) mass is 236 g/mol. The van der Waals surface area contributed by atoms with Crippen LogP contribution < -0.4 is 11.1 Å². The molecule has 1 aliphatic carbocycles. The molecule has 1 aromatic carbocycles. The van der Waals surface area contributed by atoms with Gasteiger partial charge in [0, 0.05) is 12.1 Å². The molecular formula is C14H21FN2. The van der Waals surface area contributed by atoms with Crippen LogP contribution in [0.2, 0.25) is 0 Å². The average Bonchev–Trinajstić information content (AvgIpc) is 2.76. The summed E-state index contributed by atoms with van der Waals surface area (Å²) >= 11 is 0. The fourth-order valence-corrected chi connectivity index (χ4v) is 2.73. The van der Waals surface area contributed by atoms with Crippen molar-refractivity contribution in [2.24, 2.45) is 11.7 Å². The van der Waals surface area contributed by atoms with E-state index in [0.29, 0.717) is 12.0 Å². The fourth-order valence-electron chi connectivity index (χ4n) is 2.73. The van der Waals surface area contributed by atoms with Gasteiger partial charge in [-0.1, -0.05) is 18.6 Å². The van der Waals surface area contributed by atoms with Gasteiger partial charge in [-0.2, -0.15) is 0 Å². The van der Waals surface area contributed by atoms with Gasteiger partial charge in [-0.3, -0.25) is 0 Å². The second kappa shape index (κ2) is 5.61. The van der Waals surface area contributed by atoms with E-state index in [0.717, 1.165) is 12.1 Å². The molecule has 1 aliphatic rings. The zero-order valence-corrected chi connectivity index (χ0v) is 10.3. The van der Waals surface area contributed by atoms with Crippen LogP contribution in [0.25, 0.3) is 0 Å². The smallest absolute Gasteiger partial charge is 0.123 e. The normalized spacial score (nSPS) is 26.1. The summed E-state index contributed by atoms with van der Waals surface area (Å²) in [5.41, 5.74) is 6.77. The van der Waals surface area contributed by atoms with Crippen LogP contribution in [-0.2, 0) is 0 Å². The van der Waals surface area contributed by atoms with Crippen molar-refractivity contribution in [2.75, 3.05) is 6.54 Å². The van der Waals surface area contributed by atoms with E-state index in [4.69, 9.17) is 5.73 Å². The lowest BCUT2D eigenvalue weighted by Crippen LogP contribution is -2.37. The molecule has 17 heavy (non-hydrogen) atoms. The molecule has 0 amide bonds. The van der Waals surface area contributed by atoms with Gasteiger partial charge in [-0.25, -0.2) is 4.39 Å². The van der Waals surface area contributed by atoms with Crippen LogP contribution in [-0.4, -0.2) is 12.6 Å². The third kappa shape index (κ3) is 3.05. The summed E-state index contributed by atoms with van der Waals surface area (Å²) in [6, 6.07) is 7.48. The van der Waals surface area contributed by atoms with Gasteiger partial charge in [0.25, 0.3) is 0 Å². The zero-order chi connectivity index (χ0) is 12.3. The Morgan fingerprint density at radius 1 is 1.47 bits per heavy atom. The molecule has 0 spiro atoms. The molecular weight excluding hydrogens is 215 g/mol. The second-order valence-corrected chi connectivity index (χ2v) is 4.98. The molecule has 94 valence electrons. The van der Waals surface area contributed by atoms with Crippen LogP contribution in [0.5, 0.6) is 0 Å². The molecule has 3 N–H and O–H groups in total. The van der Waals surface area contributed by atoms with Gasteiger partial charge in [0.05, 0.1) is 0 Å². The van der Waals surface area contributed by atoms with Crippen LogP contribution in [0.1, 0.15) is 37.8 Å². The van der Waals surface area contributed by atoms with Gasteiger partial charge in [-0.15, -0.1) is 0 Å². The van der Waals surface area contributed by atoms with Crippen LogP contribution in [0.4, 0.5) is 4.39 Å². The maximum Gasteiger partial charge on any atom is 0.123 e. The number of nitrogens with one attached hydrogen (secondary N) is 1. The number of nitrogens with two attached hydrogens (primary N) is 1. The lowest BCUT2D eigenvalue weighted by atomic mass is 10.0. The first-order valence-corrected chi connectivity index (χ1v) is 6.42. The Hall–Kier alpha value is -0.930. The number of halogens is 1. The molecule has 3 atom stereocenters. The zero-order valence-electron chi connectivity index (χ0n) is 10.3. The maximum atomic E-state index is 13.1. The first-order valence-electron chi connectivity index (χ1n) is 6.42. The van der Waals surface area contributed by atoms with E-state index in [9.17, 15) is 4.39 Å². The van der Waals surface area contributed by atoms with Crippen molar-refractivity contribution in [2.45, 2.75) is 38.3 Å². The van der Waals surface area contributed by atoms with Crippen molar-refractivity contribution in [1.82, 2.24) is 5.32 Å². The van der Waals surface area contributed by atoms with E-state index in [1.165, 1.54) is 25.3 Å². The van der Waals surface area contributed by atoms with Crippen molar-refractivity contribution >= 4 is 0 Å². The highest BCUT2D eigenvalue weighted by Crippen LogP contribution is 2.27. The molecule has 3 heteroatoms. The van der Waals surface area contributed by atoms with Crippen LogP contribution in [0.3, 0.4) is 0 Å². The molecule has 1 aromatic rings. The molecule has 2 nitrogen and oxygen atoms in total. The summed E-state index contributed by atoms with van der Waals surface area (Å²) in [6.45, 7) is 2.83. The highest BCUT2D eigenvalue weighted by Gasteiger charge is 2.27. The van der Waals surface area contributed by atoms with Gasteiger partial charge in [0.1, 0.15) is 5.82 Å². The van der Waals surface area contributed by atoms with Crippen LogP contribution in [0.15, 0.2) is 24.3 Å². The summed E-state index contributed by atoms with van der Waals surface area (Å²) < 4.78 is 13.1. The first kappa shape index (κ1) is 12.5. The Labute approximate surface area is 102 Å². The summed E-state index contributed by atoms with van der Waals surface area (Å²) in [7, 11) is 0. The summed E-state index contributed by atoms with van der Waals surface area (Å²) in [5, 5.41) is 3.58. The van der Waals surface area contributed by atoms with E-state index in [1.54, 1.807) is 12.1 Å². The molecule has 2 rings (SSSR count). The van der Waals surface area contributed by atoms with Crippen molar-refractivity contribution < 1.29 is 4.39 Å². The van der Waals surface area contributed by atoms with Crippen molar-refractivity contribution in [3.05, 3.63) is 35.6 Å². The van der Waals surface area contributed by atoms with Crippen molar-refractivity contribution in [3.63, 3.8) is 0 Å². The van der Waals surface area contributed by atoms with E-state index >= 15 is 0 Å². The Kier molecular flexibility index (Phi) is 4.13. The Morgan fingerprint density at radius 2 is 2.29 bits per heavy atom. The van der Waals surface area contributed by atoms with Gasteiger partial charge in [0.2, 0.25) is 0 Å². The molecule has 0 bridgehead atoms. The highest BCUT2D eigenvalue weighted by atomic mass is 19.1. The molecule has 0 saturated heterocycles. The summed E-state index contributed by atoms with van der Waals surface area (Å²) in [5.74, 6) is 0.406. The second-order valence-electron chi connectivity index (χ2n) is 4.98. The number of rotatable bonds is 4. The summed E-state index contributed by atoms with van der Waals surface area (Å²) in [6.07, 6.45) is 3.64. The molecule has 0 aromatic heterocycles. The van der Waals surface area contributed by atoms with E-state index in [-0.39, 0.29) is 11.9 Å². The number of benzene rings is 1. The standard InChI is InChI=1S/C14H21FN2/c1-10(11-4-2-6-13(15)8-11)17-14-7-3-5-12(14)9-16/h2,4,6,8,10,12,14,17H,3,5,7,9,16H2,1H3/t10-,12?,14?/m1/s1. The Morgan fingerprint density at radius 3 is 3.00 bits per heavy atom. The minimum absolute atomic E-state index is 0.169. The lowest BCUT2D eigenvalue weighted by molar-refractivity contribution is 0.373. The minimum Gasteiger partial charge on any atom is -0.330 e. The third-order valence-corrected chi connectivity index (χ3v) is 3.77. The topological polar surface area (TPSA) is 38.0 Å². The minimum atomic E-state index is -0.169. The molecule has 0 radical (unpaired) electrons. The predicted molar refractivity (Wildman–Crippen MR) is 68.1 cm³/mol. The largest absolute Gasteiger partial charge is 0.330 e. The molecule has 1 saturated carbocycles. The van der Waals surface area contributed by atoms with Gasteiger partial charge in [-0.05, 0) is 49.9 Å². The van der Waals surface area contributed by atoms with E-state index in [1.807, 2.05) is 6.07 Å². The molecule has 2 unspecified atom stereocenters. The highest BCUT2D eigenvalue weighted by molar-refractivity contribution is 5.19. The SMILES string of the molecule is C[C@@H](NC1CCCC1CN)c1cccc(F)c1. The van der Waals surface area contributed by atoms with E-state index in [2.05, 4.69) is 12.2 Å². The maximum absolute atomic E-state index is 13.1. The Balaban J connectivity index is 1.99. The number of hydrogen-bond acceptors (Lipinski definition) is 2. The van der Waals surface area contributed by atoms with Gasteiger partial charge < -0.3 is 11.1 Å². The third-order valence-electron chi connectivity index (χ3n) is 3.77. The van der Waals surface area contributed by atoms with Gasteiger partial charge in [0.15, 0.2) is 0 Å². The van der Waals surface area contributed by atoms with Crippen LogP contribution in [0, 0.1) is 11.7 Å². The molecule has 1 fully saturated rings. The Bertz CT molecular complexity index is 367. The van der Waals surface area contributed by atoms with Crippen molar-refractivity contribution in [3.8, 4) is 0 Å². The lowest BCUT2D eigenvalue weighted by Gasteiger charge is -2.24. The molecule has 0 aliphatic heterocycles. The average molecular weight is 236 g/mol. The van der Waals surface area contributed by atoms with Crippen LogP contribution >= 0.6 is 0 Å². The summed E-state index contributed by atoms with van der Waals surface area (Å²) in [4.78, 5) is 0. The molecule has 0 heterocycles. The number of hydrogen-bond donors (Lipinski definition) is 2. The van der Waals surface area contributed by atoms with Gasteiger partial charge >= 0.3 is 0 Å². The van der Waals surface area contributed by atoms with E-state index < -0.39 is 0 Å². The van der Waals surface area contributed by atoms with Crippen molar-refractivity contribution in [1.29, 1.82) is 0 Å². The first-order chi connectivity index (χ1) is 8.20. The fraction of sp³-hybridized carbons (Fsp3) is 0.571. The predicted octanol–water partition coefficient (Wildman–Crippen LogP) is 2.60. The quantitative estimate of drug-likeness (QED) is 0.843.